The number of nitrogens with one attached hydrogen (secondary N) is 2. The number of thiophene rings is 1. The van der Waals surface area contributed by atoms with Crippen LogP contribution in [0.25, 0.3) is 10.2 Å². The summed E-state index contributed by atoms with van der Waals surface area (Å²) in [4.78, 5) is 52.8. The van der Waals surface area contributed by atoms with Crippen LogP contribution in [0.1, 0.15) is 27.2 Å². The van der Waals surface area contributed by atoms with Crippen molar-refractivity contribution in [2.24, 2.45) is 5.92 Å². The molecule has 0 radical (unpaired) electrons. The van der Waals surface area contributed by atoms with Crippen molar-refractivity contribution in [2.45, 2.75) is 13.0 Å². The maximum atomic E-state index is 12.8. The zero-order valence-corrected chi connectivity index (χ0v) is 19.3. The molecule has 2 aromatic heterocycles. The van der Waals surface area contributed by atoms with Gasteiger partial charge in [-0.25, -0.2) is 0 Å². The number of ether oxygens (including phenoxy) is 2. The zero-order chi connectivity index (χ0) is 24.0. The Labute approximate surface area is 197 Å². The Morgan fingerprint density at radius 2 is 1.82 bits per heavy atom. The molecule has 0 fully saturated rings. The van der Waals surface area contributed by atoms with Gasteiger partial charge in [0.1, 0.15) is 10.4 Å². The first-order valence-electron chi connectivity index (χ1n) is 9.66. The average Bonchev–Trinajstić information content (AvgIpc) is 3.24. The maximum absolute atomic E-state index is 12.8. The highest BCUT2D eigenvalue weighted by atomic mass is 35.5. The molecule has 2 heterocycles. The van der Waals surface area contributed by atoms with Crippen LogP contribution >= 0.6 is 22.9 Å². The maximum Gasteiger partial charge on any atom is 0.321 e. The van der Waals surface area contributed by atoms with Crippen molar-refractivity contribution >= 4 is 51.0 Å². The van der Waals surface area contributed by atoms with E-state index in [1.807, 2.05) is 0 Å². The van der Waals surface area contributed by atoms with Gasteiger partial charge in [-0.05, 0) is 23.8 Å². The van der Waals surface area contributed by atoms with E-state index >= 15 is 0 Å². The molecular weight excluding hydrogens is 468 g/mol. The molecule has 170 valence electrons. The van der Waals surface area contributed by atoms with Gasteiger partial charge in [0.05, 0.1) is 24.5 Å². The number of hydrogen-bond acceptors (Lipinski definition) is 7. The standard InChI is InChI=1S/C23H19ClN2O6S/c1-31-22(29)16(23(30)32-2)5-3-4-15-10-17-19(27)18(12-26-21(17)33-15)20(28)25-11-13-6-8-14(24)9-7-13/h6-10,12,16H,5,11H2,1-2H3,(H,25,28)(H,26,27). The topological polar surface area (TPSA) is 115 Å². The molecule has 1 amide bonds. The lowest BCUT2D eigenvalue weighted by Gasteiger charge is -2.08. The van der Waals surface area contributed by atoms with Gasteiger partial charge in [-0.1, -0.05) is 35.6 Å². The van der Waals surface area contributed by atoms with Gasteiger partial charge in [-0.3, -0.25) is 19.2 Å². The number of fused-ring (bicyclic) bond motifs is 1. The monoisotopic (exact) mass is 486 g/mol. The lowest BCUT2D eigenvalue weighted by Crippen LogP contribution is -2.28. The van der Waals surface area contributed by atoms with Crippen LogP contribution in [0.4, 0.5) is 0 Å². The van der Waals surface area contributed by atoms with E-state index in [9.17, 15) is 19.2 Å². The summed E-state index contributed by atoms with van der Waals surface area (Å²) in [5, 5.41) is 3.62. The number of amides is 1. The molecule has 0 aliphatic carbocycles. The molecule has 33 heavy (non-hydrogen) atoms. The average molecular weight is 487 g/mol. The Bertz CT molecular complexity index is 1300. The van der Waals surface area contributed by atoms with Crippen LogP contribution in [0, 0.1) is 17.8 Å². The van der Waals surface area contributed by atoms with E-state index in [4.69, 9.17) is 11.6 Å². The van der Waals surface area contributed by atoms with Gasteiger partial charge >= 0.3 is 11.9 Å². The van der Waals surface area contributed by atoms with Gasteiger partial charge in [0.2, 0.25) is 5.43 Å². The molecule has 0 aliphatic heterocycles. The number of esters is 2. The third-order valence-corrected chi connectivity index (χ3v) is 5.90. The number of pyridine rings is 1. The lowest BCUT2D eigenvalue weighted by atomic mass is 10.1. The fourth-order valence-corrected chi connectivity index (χ4v) is 3.94. The van der Waals surface area contributed by atoms with Crippen molar-refractivity contribution in [2.75, 3.05) is 14.2 Å². The number of carbonyl (C=O) groups is 3. The molecule has 0 aliphatic rings. The van der Waals surface area contributed by atoms with E-state index in [-0.39, 0.29) is 18.5 Å². The van der Waals surface area contributed by atoms with Gasteiger partial charge < -0.3 is 19.8 Å². The number of halogens is 1. The highest BCUT2D eigenvalue weighted by molar-refractivity contribution is 7.19. The number of aromatic amines is 1. The second kappa shape index (κ2) is 10.8. The summed E-state index contributed by atoms with van der Waals surface area (Å²) >= 11 is 7.07. The predicted molar refractivity (Wildman–Crippen MR) is 124 cm³/mol. The predicted octanol–water partition coefficient (Wildman–Crippen LogP) is 2.88. The summed E-state index contributed by atoms with van der Waals surface area (Å²) in [6.45, 7) is 0.245. The summed E-state index contributed by atoms with van der Waals surface area (Å²) in [6, 6.07) is 8.56. The number of hydrogen-bond donors (Lipinski definition) is 2. The van der Waals surface area contributed by atoms with Gasteiger partial charge in [-0.2, -0.15) is 0 Å². The summed E-state index contributed by atoms with van der Waals surface area (Å²) in [5.41, 5.74) is 0.393. The lowest BCUT2D eigenvalue weighted by molar-refractivity contribution is -0.158. The second-order valence-electron chi connectivity index (χ2n) is 6.80. The first kappa shape index (κ1) is 24.0. The Morgan fingerprint density at radius 1 is 1.15 bits per heavy atom. The number of carbonyl (C=O) groups excluding carboxylic acids is 3. The van der Waals surface area contributed by atoms with E-state index in [1.165, 1.54) is 31.8 Å². The van der Waals surface area contributed by atoms with Crippen molar-refractivity contribution in [3.05, 3.63) is 67.8 Å². The molecule has 0 atom stereocenters. The first-order valence-corrected chi connectivity index (χ1v) is 10.9. The molecule has 0 saturated carbocycles. The van der Waals surface area contributed by atoms with Gasteiger partial charge in [0.25, 0.3) is 5.91 Å². The van der Waals surface area contributed by atoms with Crippen LogP contribution in [-0.4, -0.2) is 37.0 Å². The van der Waals surface area contributed by atoms with Crippen molar-refractivity contribution in [3.63, 3.8) is 0 Å². The third-order valence-electron chi connectivity index (χ3n) is 4.67. The third kappa shape index (κ3) is 5.80. The van der Waals surface area contributed by atoms with Crippen LogP contribution in [0.5, 0.6) is 0 Å². The Balaban J connectivity index is 1.76. The van der Waals surface area contributed by atoms with Gasteiger partial charge in [0.15, 0.2) is 5.92 Å². The molecule has 3 aromatic rings. The summed E-state index contributed by atoms with van der Waals surface area (Å²) in [6.07, 6.45) is 1.26. The summed E-state index contributed by atoms with van der Waals surface area (Å²) in [7, 11) is 2.35. The van der Waals surface area contributed by atoms with Crippen molar-refractivity contribution in [1.82, 2.24) is 10.3 Å². The van der Waals surface area contributed by atoms with Crippen molar-refractivity contribution < 1.29 is 23.9 Å². The largest absolute Gasteiger partial charge is 0.468 e. The van der Waals surface area contributed by atoms with Gasteiger partial charge in [-0.15, -0.1) is 11.3 Å². The van der Waals surface area contributed by atoms with Crippen molar-refractivity contribution in [1.29, 1.82) is 0 Å². The minimum Gasteiger partial charge on any atom is -0.468 e. The van der Waals surface area contributed by atoms with Crippen LogP contribution in [-0.2, 0) is 25.6 Å². The summed E-state index contributed by atoms with van der Waals surface area (Å²) in [5.74, 6) is 2.44. The fraction of sp³-hybridized carbons (Fsp3) is 0.217. The zero-order valence-electron chi connectivity index (χ0n) is 17.7. The smallest absolute Gasteiger partial charge is 0.321 e. The molecule has 0 spiro atoms. The molecule has 3 rings (SSSR count). The fourth-order valence-electron chi connectivity index (χ4n) is 2.91. The number of aromatic nitrogens is 1. The number of methoxy groups -OCH3 is 2. The van der Waals surface area contributed by atoms with E-state index in [0.717, 1.165) is 5.56 Å². The number of rotatable bonds is 6. The molecule has 0 unspecified atom stereocenters. The molecule has 8 nitrogen and oxygen atoms in total. The summed E-state index contributed by atoms with van der Waals surface area (Å²) < 4.78 is 9.19. The molecule has 2 N–H and O–H groups in total. The Morgan fingerprint density at radius 3 is 2.45 bits per heavy atom. The second-order valence-corrected chi connectivity index (χ2v) is 8.29. The van der Waals surface area contributed by atoms with E-state index < -0.39 is 29.2 Å². The van der Waals surface area contributed by atoms with E-state index in [1.54, 1.807) is 30.3 Å². The SMILES string of the molecule is COC(=O)C(CC#Cc1cc2c(=O)c(C(=O)NCc3ccc(Cl)cc3)c[nH]c2s1)C(=O)OC. The van der Waals surface area contributed by atoms with Crippen LogP contribution < -0.4 is 10.7 Å². The molecule has 0 saturated heterocycles. The van der Waals surface area contributed by atoms with Crippen molar-refractivity contribution in [3.8, 4) is 11.8 Å². The van der Waals surface area contributed by atoms with Crippen LogP contribution in [0.3, 0.4) is 0 Å². The van der Waals surface area contributed by atoms with E-state index in [0.29, 0.717) is 20.1 Å². The number of benzene rings is 1. The molecule has 10 heteroatoms. The quantitative estimate of drug-likeness (QED) is 0.314. The van der Waals surface area contributed by atoms with Crippen LogP contribution in [0.15, 0.2) is 41.3 Å². The molecule has 1 aromatic carbocycles. The van der Waals surface area contributed by atoms with E-state index in [2.05, 4.69) is 31.6 Å². The first-order chi connectivity index (χ1) is 15.8. The minimum absolute atomic E-state index is 0.0229. The van der Waals surface area contributed by atoms with Gasteiger partial charge in [0, 0.05) is 24.2 Å². The normalized spacial score (nSPS) is 10.4. The Hall–Kier alpha value is -3.61. The highest BCUT2D eigenvalue weighted by Crippen LogP contribution is 2.21. The number of H-pyrrole nitrogens is 1. The molecule has 0 bridgehead atoms. The Kier molecular flexibility index (Phi) is 7.87. The highest BCUT2D eigenvalue weighted by Gasteiger charge is 2.27. The molecular formula is C23H19ClN2O6S. The van der Waals surface area contributed by atoms with Crippen LogP contribution in [0.2, 0.25) is 5.02 Å². The minimum atomic E-state index is -1.15.